The van der Waals surface area contributed by atoms with Crippen molar-refractivity contribution in [1.29, 1.82) is 0 Å². The van der Waals surface area contributed by atoms with Crippen LogP contribution in [0.2, 0.25) is 10.0 Å². The molecular formula is C21H25Cl2N3O2. The average Bonchev–Trinajstić information content (AvgIpc) is 2.65. The van der Waals surface area contributed by atoms with Crippen LogP contribution in [0.1, 0.15) is 18.1 Å². The number of halogens is 2. The van der Waals surface area contributed by atoms with E-state index in [4.69, 9.17) is 23.2 Å². The Bertz CT molecular complexity index is 805. The number of aryl methyl sites for hydroxylation is 1. The minimum absolute atomic E-state index is 0.0839. The van der Waals surface area contributed by atoms with Crippen LogP contribution < -0.4 is 5.32 Å². The van der Waals surface area contributed by atoms with E-state index < -0.39 is 0 Å². The summed E-state index contributed by atoms with van der Waals surface area (Å²) in [6.45, 7) is 2.90. The summed E-state index contributed by atoms with van der Waals surface area (Å²) in [5.41, 5.74) is 2.78. The summed E-state index contributed by atoms with van der Waals surface area (Å²) in [5, 5.41) is 3.36. The molecule has 5 nitrogen and oxygen atoms in total. The number of likely N-dealkylation sites (N-methyl/N-ethyl adjacent to an activating group) is 2. The molecule has 0 radical (unpaired) electrons. The molecule has 7 heteroatoms. The third kappa shape index (κ3) is 6.51. The molecular weight excluding hydrogens is 397 g/mol. The minimum Gasteiger partial charge on any atom is -0.335 e. The van der Waals surface area contributed by atoms with E-state index in [0.717, 1.165) is 12.0 Å². The van der Waals surface area contributed by atoms with Crippen LogP contribution in [0.15, 0.2) is 42.5 Å². The Kier molecular flexibility index (Phi) is 8.30. The normalized spacial score (nSPS) is 10.8. The molecule has 2 rings (SSSR count). The highest BCUT2D eigenvalue weighted by Crippen LogP contribution is 2.29. The van der Waals surface area contributed by atoms with Gasteiger partial charge in [-0.15, -0.1) is 0 Å². The van der Waals surface area contributed by atoms with E-state index in [2.05, 4.69) is 36.5 Å². The van der Waals surface area contributed by atoms with E-state index in [-0.39, 0.29) is 24.9 Å². The molecule has 150 valence electrons. The van der Waals surface area contributed by atoms with E-state index in [9.17, 15) is 9.59 Å². The predicted molar refractivity (Wildman–Crippen MR) is 115 cm³/mol. The van der Waals surface area contributed by atoms with Crippen LogP contribution in [0.5, 0.6) is 0 Å². The molecule has 28 heavy (non-hydrogen) atoms. The summed E-state index contributed by atoms with van der Waals surface area (Å²) in [5.74, 6) is -0.503. The van der Waals surface area contributed by atoms with Gasteiger partial charge in [0.2, 0.25) is 11.8 Å². The Balaban J connectivity index is 1.84. The molecule has 0 saturated carbocycles. The number of hydrogen-bond acceptors (Lipinski definition) is 3. The molecule has 0 unspecified atom stereocenters. The molecule has 0 aromatic heterocycles. The van der Waals surface area contributed by atoms with Gasteiger partial charge in [-0.05, 0) is 36.7 Å². The van der Waals surface area contributed by atoms with Crippen molar-refractivity contribution in [3.8, 4) is 0 Å². The van der Waals surface area contributed by atoms with Crippen LogP contribution in [-0.4, -0.2) is 48.8 Å². The smallest absolute Gasteiger partial charge is 0.244 e. The molecule has 0 atom stereocenters. The lowest BCUT2D eigenvalue weighted by molar-refractivity contribution is -0.134. The van der Waals surface area contributed by atoms with E-state index >= 15 is 0 Å². The first-order chi connectivity index (χ1) is 13.3. The standard InChI is InChI=1S/C21H25Cl2N3O2/c1-4-15-8-10-16(11-9-15)12-25(2)14-20(28)26(3)13-19(27)24-21-17(22)6-5-7-18(21)23/h5-11H,4,12-14H2,1-3H3,(H,24,27). The number of carbonyl (C=O) groups excluding carboxylic acids is 2. The number of para-hydroxylation sites is 1. The van der Waals surface area contributed by atoms with Crippen molar-refractivity contribution in [2.24, 2.45) is 0 Å². The van der Waals surface area contributed by atoms with Crippen molar-refractivity contribution >= 4 is 40.7 Å². The van der Waals surface area contributed by atoms with Gasteiger partial charge in [-0.3, -0.25) is 14.5 Å². The van der Waals surface area contributed by atoms with E-state index in [1.54, 1.807) is 25.2 Å². The van der Waals surface area contributed by atoms with E-state index in [1.165, 1.54) is 10.5 Å². The Morgan fingerprint density at radius 3 is 2.07 bits per heavy atom. The maximum atomic E-state index is 12.4. The Hall–Kier alpha value is -2.08. The van der Waals surface area contributed by atoms with Crippen LogP contribution in [-0.2, 0) is 22.6 Å². The molecule has 0 heterocycles. The van der Waals surface area contributed by atoms with Crippen LogP contribution in [0.3, 0.4) is 0 Å². The third-order valence-corrected chi connectivity index (χ3v) is 4.95. The fourth-order valence-electron chi connectivity index (χ4n) is 2.70. The van der Waals surface area contributed by atoms with Gasteiger partial charge in [0.15, 0.2) is 0 Å². The molecule has 0 aliphatic rings. The van der Waals surface area contributed by atoms with Gasteiger partial charge in [0.05, 0.1) is 28.8 Å². The molecule has 2 amide bonds. The molecule has 0 spiro atoms. The highest BCUT2D eigenvalue weighted by molar-refractivity contribution is 6.39. The lowest BCUT2D eigenvalue weighted by atomic mass is 10.1. The fraction of sp³-hybridized carbons (Fsp3) is 0.333. The second-order valence-electron chi connectivity index (χ2n) is 6.74. The van der Waals surface area contributed by atoms with Crippen LogP contribution in [0.25, 0.3) is 0 Å². The Morgan fingerprint density at radius 2 is 1.50 bits per heavy atom. The number of hydrogen-bond donors (Lipinski definition) is 1. The quantitative estimate of drug-likeness (QED) is 0.698. The molecule has 2 aromatic carbocycles. The first-order valence-electron chi connectivity index (χ1n) is 9.04. The SMILES string of the molecule is CCc1ccc(CN(C)CC(=O)N(C)CC(=O)Nc2c(Cl)cccc2Cl)cc1. The maximum absolute atomic E-state index is 12.4. The highest BCUT2D eigenvalue weighted by atomic mass is 35.5. The van der Waals surface area contributed by atoms with Crippen molar-refractivity contribution in [3.05, 3.63) is 63.6 Å². The molecule has 2 aromatic rings. The van der Waals surface area contributed by atoms with E-state index in [0.29, 0.717) is 22.3 Å². The van der Waals surface area contributed by atoms with Gasteiger partial charge in [-0.1, -0.05) is 60.5 Å². The lowest BCUT2D eigenvalue weighted by Gasteiger charge is -2.22. The van der Waals surface area contributed by atoms with Gasteiger partial charge >= 0.3 is 0 Å². The van der Waals surface area contributed by atoms with Crippen molar-refractivity contribution < 1.29 is 9.59 Å². The molecule has 0 saturated heterocycles. The topological polar surface area (TPSA) is 52.7 Å². The van der Waals surface area contributed by atoms with Crippen molar-refractivity contribution in [1.82, 2.24) is 9.80 Å². The largest absolute Gasteiger partial charge is 0.335 e. The molecule has 0 aliphatic carbocycles. The van der Waals surface area contributed by atoms with Crippen molar-refractivity contribution in [3.63, 3.8) is 0 Å². The third-order valence-electron chi connectivity index (χ3n) is 4.32. The average molecular weight is 422 g/mol. The zero-order valence-electron chi connectivity index (χ0n) is 16.3. The number of benzene rings is 2. The number of nitrogens with zero attached hydrogens (tertiary/aromatic N) is 2. The van der Waals surface area contributed by atoms with Crippen LogP contribution >= 0.6 is 23.2 Å². The number of carbonyl (C=O) groups is 2. The fourth-order valence-corrected chi connectivity index (χ4v) is 3.19. The number of anilines is 1. The van der Waals surface area contributed by atoms with Gasteiger partial charge < -0.3 is 10.2 Å². The first kappa shape index (κ1) is 22.2. The monoisotopic (exact) mass is 421 g/mol. The molecule has 0 bridgehead atoms. The van der Waals surface area contributed by atoms with Crippen molar-refractivity contribution in [2.75, 3.05) is 32.5 Å². The summed E-state index contributed by atoms with van der Waals surface area (Å²) >= 11 is 12.1. The van der Waals surface area contributed by atoms with Gasteiger partial charge in [0.1, 0.15) is 0 Å². The maximum Gasteiger partial charge on any atom is 0.244 e. The molecule has 0 aliphatic heterocycles. The number of nitrogens with one attached hydrogen (secondary N) is 1. The van der Waals surface area contributed by atoms with Gasteiger partial charge in [-0.2, -0.15) is 0 Å². The van der Waals surface area contributed by atoms with Gasteiger partial charge in [-0.25, -0.2) is 0 Å². The zero-order valence-corrected chi connectivity index (χ0v) is 17.8. The Morgan fingerprint density at radius 1 is 0.929 bits per heavy atom. The first-order valence-corrected chi connectivity index (χ1v) is 9.80. The second kappa shape index (κ2) is 10.5. The molecule has 1 N–H and O–H groups in total. The number of amides is 2. The highest BCUT2D eigenvalue weighted by Gasteiger charge is 2.17. The summed E-state index contributed by atoms with van der Waals surface area (Å²) in [6.07, 6.45) is 1.00. The minimum atomic E-state index is -0.358. The zero-order chi connectivity index (χ0) is 20.7. The van der Waals surface area contributed by atoms with Crippen molar-refractivity contribution in [2.45, 2.75) is 19.9 Å². The molecule has 0 fully saturated rings. The summed E-state index contributed by atoms with van der Waals surface area (Å²) in [4.78, 5) is 28.0. The Labute approximate surface area is 176 Å². The predicted octanol–water partition coefficient (Wildman–Crippen LogP) is 4.08. The van der Waals surface area contributed by atoms with E-state index in [1.807, 2.05) is 11.9 Å². The van der Waals surface area contributed by atoms with Crippen LogP contribution in [0, 0.1) is 0 Å². The second-order valence-corrected chi connectivity index (χ2v) is 7.55. The summed E-state index contributed by atoms with van der Waals surface area (Å²) in [7, 11) is 3.48. The summed E-state index contributed by atoms with van der Waals surface area (Å²) in [6, 6.07) is 13.3. The van der Waals surface area contributed by atoms with Gasteiger partial charge in [0, 0.05) is 13.6 Å². The van der Waals surface area contributed by atoms with Gasteiger partial charge in [0.25, 0.3) is 0 Å². The van der Waals surface area contributed by atoms with Crippen LogP contribution in [0.4, 0.5) is 5.69 Å². The number of rotatable bonds is 8. The summed E-state index contributed by atoms with van der Waals surface area (Å²) < 4.78 is 0. The lowest BCUT2D eigenvalue weighted by Crippen LogP contribution is -2.40.